The zero-order chi connectivity index (χ0) is 13.6. The molecule has 3 heteroatoms. The van der Waals surface area contributed by atoms with Crippen molar-refractivity contribution in [3.63, 3.8) is 0 Å². The van der Waals surface area contributed by atoms with Crippen molar-refractivity contribution in [2.24, 2.45) is 0 Å². The summed E-state index contributed by atoms with van der Waals surface area (Å²) < 4.78 is 5.66. The number of hydrogen-bond donors (Lipinski definition) is 1. The Hall–Kier alpha value is -0.800. The van der Waals surface area contributed by atoms with Gasteiger partial charge in [-0.3, -0.25) is 0 Å². The van der Waals surface area contributed by atoms with E-state index in [2.05, 4.69) is 51.1 Å². The van der Waals surface area contributed by atoms with Crippen LogP contribution >= 0.6 is 0 Å². The van der Waals surface area contributed by atoms with Crippen molar-refractivity contribution in [2.75, 3.05) is 20.6 Å². The van der Waals surface area contributed by atoms with Gasteiger partial charge in [0.15, 0.2) is 0 Å². The van der Waals surface area contributed by atoms with Crippen molar-refractivity contribution in [2.45, 2.75) is 51.6 Å². The van der Waals surface area contributed by atoms with Crippen molar-refractivity contribution in [3.8, 4) is 0 Å². The molecule has 18 heavy (non-hydrogen) atoms. The van der Waals surface area contributed by atoms with Crippen molar-refractivity contribution < 1.29 is 4.42 Å². The lowest BCUT2D eigenvalue weighted by molar-refractivity contribution is 0.0778. The lowest BCUT2D eigenvalue weighted by Gasteiger charge is -2.44. The van der Waals surface area contributed by atoms with E-state index < -0.39 is 0 Å². The second-order valence-corrected chi connectivity index (χ2v) is 5.11. The first kappa shape index (κ1) is 15.3. The number of nitrogens with zero attached hydrogens (tertiary/aromatic N) is 1. The largest absolute Gasteiger partial charge is 0.468 e. The highest BCUT2D eigenvalue weighted by Crippen LogP contribution is 2.36. The SMILES string of the molecule is CCCNC(c1ccco1)C(CC)(CC)N(C)C. The molecule has 0 spiro atoms. The summed E-state index contributed by atoms with van der Waals surface area (Å²) >= 11 is 0. The highest BCUT2D eigenvalue weighted by atomic mass is 16.3. The molecule has 0 bridgehead atoms. The van der Waals surface area contributed by atoms with Gasteiger partial charge in [-0.15, -0.1) is 0 Å². The summed E-state index contributed by atoms with van der Waals surface area (Å²) in [5.74, 6) is 1.04. The fraction of sp³-hybridized carbons (Fsp3) is 0.733. The van der Waals surface area contributed by atoms with Gasteiger partial charge in [0.05, 0.1) is 12.3 Å². The van der Waals surface area contributed by atoms with E-state index in [1.165, 1.54) is 0 Å². The lowest BCUT2D eigenvalue weighted by Crippen LogP contribution is -2.53. The summed E-state index contributed by atoms with van der Waals surface area (Å²) in [6.07, 6.45) is 5.09. The van der Waals surface area contributed by atoms with Crippen LogP contribution in [-0.2, 0) is 0 Å². The first-order valence-electron chi connectivity index (χ1n) is 7.06. The first-order valence-corrected chi connectivity index (χ1v) is 7.06. The van der Waals surface area contributed by atoms with Gasteiger partial charge in [0.25, 0.3) is 0 Å². The summed E-state index contributed by atoms with van der Waals surface area (Å²) in [6.45, 7) is 7.72. The Morgan fingerprint density at radius 2 is 1.94 bits per heavy atom. The van der Waals surface area contributed by atoms with Crippen LogP contribution < -0.4 is 5.32 Å². The molecule has 1 rings (SSSR count). The molecule has 1 unspecified atom stereocenters. The van der Waals surface area contributed by atoms with Gasteiger partial charge in [-0.2, -0.15) is 0 Å². The normalized spacial score (nSPS) is 14.1. The van der Waals surface area contributed by atoms with Gasteiger partial charge >= 0.3 is 0 Å². The smallest absolute Gasteiger partial charge is 0.122 e. The van der Waals surface area contributed by atoms with E-state index in [1.54, 1.807) is 6.26 Å². The molecule has 1 N–H and O–H groups in total. The maximum Gasteiger partial charge on any atom is 0.122 e. The summed E-state index contributed by atoms with van der Waals surface area (Å²) in [5, 5.41) is 3.66. The molecular formula is C15H28N2O. The van der Waals surface area contributed by atoms with Crippen molar-refractivity contribution in [1.82, 2.24) is 10.2 Å². The zero-order valence-corrected chi connectivity index (χ0v) is 12.5. The van der Waals surface area contributed by atoms with E-state index >= 15 is 0 Å². The fourth-order valence-electron chi connectivity index (χ4n) is 2.85. The quantitative estimate of drug-likeness (QED) is 0.768. The van der Waals surface area contributed by atoms with Crippen LogP contribution in [0.4, 0.5) is 0 Å². The van der Waals surface area contributed by atoms with Crippen LogP contribution in [0.25, 0.3) is 0 Å². The molecule has 0 aliphatic heterocycles. The van der Waals surface area contributed by atoms with Crippen LogP contribution in [0, 0.1) is 0 Å². The predicted octanol–water partition coefficient (Wildman–Crippen LogP) is 3.44. The van der Waals surface area contributed by atoms with E-state index in [-0.39, 0.29) is 11.6 Å². The van der Waals surface area contributed by atoms with Gasteiger partial charge in [0.1, 0.15) is 5.76 Å². The summed E-state index contributed by atoms with van der Waals surface area (Å²) in [5.41, 5.74) is 0.104. The lowest BCUT2D eigenvalue weighted by atomic mass is 9.81. The van der Waals surface area contributed by atoms with Crippen LogP contribution in [-0.4, -0.2) is 31.1 Å². The molecule has 1 heterocycles. The maximum absolute atomic E-state index is 5.66. The molecule has 0 aliphatic rings. The molecule has 0 fully saturated rings. The Morgan fingerprint density at radius 3 is 2.33 bits per heavy atom. The van der Waals surface area contributed by atoms with Gasteiger partial charge in [0, 0.05) is 5.54 Å². The Balaban J connectivity index is 3.06. The third-order valence-corrected chi connectivity index (χ3v) is 4.08. The summed E-state index contributed by atoms with van der Waals surface area (Å²) in [7, 11) is 4.33. The molecule has 1 atom stereocenters. The van der Waals surface area contributed by atoms with E-state index in [0.29, 0.717) is 0 Å². The molecule has 0 aromatic carbocycles. The highest BCUT2D eigenvalue weighted by molar-refractivity contribution is 5.13. The molecule has 0 saturated carbocycles. The third-order valence-electron chi connectivity index (χ3n) is 4.08. The minimum Gasteiger partial charge on any atom is -0.468 e. The zero-order valence-electron chi connectivity index (χ0n) is 12.5. The van der Waals surface area contributed by atoms with Crippen molar-refractivity contribution >= 4 is 0 Å². The van der Waals surface area contributed by atoms with Crippen LogP contribution in [0.15, 0.2) is 22.8 Å². The first-order chi connectivity index (χ1) is 8.62. The molecular weight excluding hydrogens is 224 g/mol. The van der Waals surface area contributed by atoms with E-state index in [0.717, 1.165) is 31.6 Å². The van der Waals surface area contributed by atoms with Gasteiger partial charge in [-0.1, -0.05) is 20.8 Å². The molecule has 104 valence electrons. The van der Waals surface area contributed by atoms with Crippen LogP contribution in [0.5, 0.6) is 0 Å². The molecule has 0 saturated heterocycles. The van der Waals surface area contributed by atoms with Crippen LogP contribution in [0.3, 0.4) is 0 Å². The monoisotopic (exact) mass is 252 g/mol. The van der Waals surface area contributed by atoms with E-state index in [1.807, 2.05) is 6.07 Å². The minimum absolute atomic E-state index is 0.104. The van der Waals surface area contributed by atoms with E-state index in [9.17, 15) is 0 Å². The molecule has 1 aromatic heterocycles. The van der Waals surface area contributed by atoms with Gasteiger partial charge in [-0.25, -0.2) is 0 Å². The number of likely N-dealkylation sites (N-methyl/N-ethyl adjacent to an activating group) is 1. The van der Waals surface area contributed by atoms with Crippen molar-refractivity contribution in [3.05, 3.63) is 24.2 Å². The number of furan rings is 1. The Kier molecular flexibility index (Phi) is 5.89. The molecule has 0 amide bonds. The standard InChI is InChI=1S/C15H28N2O/c1-6-11-16-14(13-10-9-12-18-13)15(7-2,8-3)17(4)5/h9-10,12,14,16H,6-8,11H2,1-5H3. The Labute approximate surface area is 112 Å². The fourth-order valence-corrected chi connectivity index (χ4v) is 2.85. The average Bonchev–Trinajstić information content (AvgIpc) is 2.88. The molecule has 3 nitrogen and oxygen atoms in total. The second-order valence-electron chi connectivity index (χ2n) is 5.11. The van der Waals surface area contributed by atoms with Gasteiger partial charge < -0.3 is 14.6 Å². The van der Waals surface area contributed by atoms with E-state index in [4.69, 9.17) is 4.42 Å². The van der Waals surface area contributed by atoms with Gasteiger partial charge in [0.2, 0.25) is 0 Å². The number of rotatable bonds is 8. The van der Waals surface area contributed by atoms with Crippen molar-refractivity contribution in [1.29, 1.82) is 0 Å². The molecule has 0 aliphatic carbocycles. The average molecular weight is 252 g/mol. The maximum atomic E-state index is 5.66. The second kappa shape index (κ2) is 6.95. The van der Waals surface area contributed by atoms with Crippen LogP contribution in [0.2, 0.25) is 0 Å². The topological polar surface area (TPSA) is 28.4 Å². The third kappa shape index (κ3) is 2.96. The minimum atomic E-state index is 0.104. The Morgan fingerprint density at radius 1 is 1.28 bits per heavy atom. The number of hydrogen-bond acceptors (Lipinski definition) is 3. The van der Waals surface area contributed by atoms with Gasteiger partial charge in [-0.05, 0) is 52.0 Å². The summed E-state index contributed by atoms with van der Waals surface area (Å²) in [4.78, 5) is 2.34. The highest BCUT2D eigenvalue weighted by Gasteiger charge is 2.39. The molecule has 0 radical (unpaired) electrons. The molecule has 1 aromatic rings. The number of nitrogens with one attached hydrogen (secondary N) is 1. The van der Waals surface area contributed by atoms with Crippen LogP contribution in [0.1, 0.15) is 51.8 Å². The predicted molar refractivity (Wildman–Crippen MR) is 76.7 cm³/mol. The Bertz CT molecular complexity index is 315. The summed E-state index contributed by atoms with van der Waals surface area (Å²) in [6, 6.07) is 4.30.